The lowest BCUT2D eigenvalue weighted by Crippen LogP contribution is -2.26. The first-order valence-electron chi connectivity index (χ1n) is 10.2. The Morgan fingerprint density at radius 1 is 1.06 bits per heavy atom. The Kier molecular flexibility index (Phi) is 6.60. The Hall–Kier alpha value is -3.79. The molecular weight excluding hydrogens is 467 g/mol. The van der Waals surface area contributed by atoms with E-state index in [1.54, 1.807) is 23.7 Å². The molecule has 10 heteroatoms. The van der Waals surface area contributed by atoms with Crippen LogP contribution in [0, 0.1) is 0 Å². The van der Waals surface area contributed by atoms with E-state index in [1.807, 2.05) is 47.4 Å². The summed E-state index contributed by atoms with van der Waals surface area (Å²) in [5.41, 5.74) is 4.98. The van der Waals surface area contributed by atoms with Gasteiger partial charge in [-0.2, -0.15) is 13.2 Å². The average molecular weight is 485 g/mol. The van der Waals surface area contributed by atoms with Crippen molar-refractivity contribution in [2.24, 2.45) is 0 Å². The summed E-state index contributed by atoms with van der Waals surface area (Å²) in [4.78, 5) is 32.7. The van der Waals surface area contributed by atoms with Crippen LogP contribution in [-0.2, 0) is 17.8 Å². The predicted octanol–water partition coefficient (Wildman–Crippen LogP) is 5.19. The lowest BCUT2D eigenvalue weighted by molar-refractivity contribution is -0.192. The lowest BCUT2D eigenvalue weighted by Gasteiger charge is -2.14. The van der Waals surface area contributed by atoms with E-state index in [-0.39, 0.29) is 5.91 Å². The summed E-state index contributed by atoms with van der Waals surface area (Å²) in [5, 5.41) is 8.20. The van der Waals surface area contributed by atoms with Gasteiger partial charge in [0.15, 0.2) is 0 Å². The quantitative estimate of drug-likeness (QED) is 0.430. The van der Waals surface area contributed by atoms with Crippen molar-refractivity contribution in [2.75, 3.05) is 6.54 Å². The highest BCUT2D eigenvalue weighted by atomic mass is 32.1. The minimum atomic E-state index is -5.08. The number of rotatable bonds is 4. The first-order chi connectivity index (χ1) is 16.2. The van der Waals surface area contributed by atoms with Crippen molar-refractivity contribution in [3.05, 3.63) is 83.1 Å². The van der Waals surface area contributed by atoms with Crippen LogP contribution in [0.4, 0.5) is 13.2 Å². The summed E-state index contributed by atoms with van der Waals surface area (Å²) < 4.78 is 32.9. The minimum absolute atomic E-state index is 0.110. The average Bonchev–Trinajstić information content (AvgIpc) is 3.38. The van der Waals surface area contributed by atoms with Crippen molar-refractivity contribution in [1.82, 2.24) is 14.9 Å². The normalized spacial score (nSPS) is 12.9. The second-order valence-electron chi connectivity index (χ2n) is 7.43. The number of para-hydroxylation sites is 1. The summed E-state index contributed by atoms with van der Waals surface area (Å²) >= 11 is 1.71. The number of carboxylic acid groups (broad SMARTS) is 1. The predicted molar refractivity (Wildman–Crippen MR) is 121 cm³/mol. The van der Waals surface area contributed by atoms with Gasteiger partial charge in [0.25, 0.3) is 5.91 Å². The van der Waals surface area contributed by atoms with Crippen molar-refractivity contribution in [1.29, 1.82) is 0 Å². The van der Waals surface area contributed by atoms with Gasteiger partial charge in [0, 0.05) is 31.9 Å². The fourth-order valence-electron chi connectivity index (χ4n) is 3.63. The van der Waals surface area contributed by atoms with Crippen LogP contribution in [0.25, 0.3) is 21.3 Å². The van der Waals surface area contributed by atoms with Gasteiger partial charge < -0.3 is 10.0 Å². The molecule has 3 heterocycles. The third kappa shape index (κ3) is 5.07. The molecule has 0 unspecified atom stereocenters. The molecule has 0 aliphatic carbocycles. The second-order valence-corrected chi connectivity index (χ2v) is 8.55. The van der Waals surface area contributed by atoms with Gasteiger partial charge in [-0.1, -0.05) is 30.3 Å². The van der Waals surface area contributed by atoms with Crippen LogP contribution in [0.15, 0.2) is 67.0 Å². The SMILES string of the molecule is O=C(O)C(F)(F)F.O=C1c2c(cccc2-c2ccncc2)CN1CCc1nc2ccccc2s1. The number of carboxylic acids is 1. The number of thiazole rings is 1. The van der Waals surface area contributed by atoms with Crippen LogP contribution in [0.5, 0.6) is 0 Å². The number of halogens is 3. The zero-order chi connectivity index (χ0) is 24.3. The molecule has 0 fully saturated rings. The zero-order valence-electron chi connectivity index (χ0n) is 17.6. The van der Waals surface area contributed by atoms with Gasteiger partial charge in [0.05, 0.1) is 20.8 Å². The Morgan fingerprint density at radius 3 is 2.44 bits per heavy atom. The monoisotopic (exact) mass is 485 g/mol. The van der Waals surface area contributed by atoms with Crippen molar-refractivity contribution in [3.8, 4) is 11.1 Å². The highest BCUT2D eigenvalue weighted by Gasteiger charge is 2.38. The maximum Gasteiger partial charge on any atom is 0.490 e. The molecule has 1 aliphatic rings. The van der Waals surface area contributed by atoms with E-state index in [2.05, 4.69) is 22.1 Å². The molecule has 34 heavy (non-hydrogen) atoms. The van der Waals surface area contributed by atoms with Gasteiger partial charge in [-0.15, -0.1) is 11.3 Å². The molecule has 1 N–H and O–H groups in total. The number of aromatic nitrogens is 2. The number of fused-ring (bicyclic) bond motifs is 2. The third-order valence-electron chi connectivity index (χ3n) is 5.18. The van der Waals surface area contributed by atoms with E-state index in [9.17, 15) is 18.0 Å². The van der Waals surface area contributed by atoms with Gasteiger partial charge in [0.2, 0.25) is 0 Å². The van der Waals surface area contributed by atoms with E-state index in [0.717, 1.165) is 39.2 Å². The number of benzene rings is 2. The molecular formula is C24H18F3N3O3S. The number of hydrogen-bond acceptors (Lipinski definition) is 5. The lowest BCUT2D eigenvalue weighted by atomic mass is 9.97. The molecule has 0 spiro atoms. The van der Waals surface area contributed by atoms with E-state index in [1.165, 1.54) is 4.70 Å². The summed E-state index contributed by atoms with van der Waals surface area (Å²) in [5.74, 6) is -2.65. The molecule has 0 bridgehead atoms. The molecule has 174 valence electrons. The largest absolute Gasteiger partial charge is 0.490 e. The van der Waals surface area contributed by atoms with Crippen LogP contribution < -0.4 is 0 Å². The zero-order valence-corrected chi connectivity index (χ0v) is 18.4. The third-order valence-corrected chi connectivity index (χ3v) is 6.28. The Morgan fingerprint density at radius 2 is 1.76 bits per heavy atom. The number of carbonyl (C=O) groups excluding carboxylic acids is 1. The number of aliphatic carboxylic acids is 1. The number of alkyl halides is 3. The van der Waals surface area contributed by atoms with Crippen molar-refractivity contribution in [2.45, 2.75) is 19.1 Å². The molecule has 1 aliphatic heterocycles. The van der Waals surface area contributed by atoms with Crippen LogP contribution in [0.2, 0.25) is 0 Å². The Bertz CT molecular complexity index is 1310. The van der Waals surface area contributed by atoms with Gasteiger partial charge in [-0.3, -0.25) is 9.78 Å². The van der Waals surface area contributed by atoms with E-state index in [4.69, 9.17) is 9.90 Å². The maximum absolute atomic E-state index is 13.1. The fourth-order valence-corrected chi connectivity index (χ4v) is 4.59. The number of carbonyl (C=O) groups is 2. The molecule has 6 nitrogen and oxygen atoms in total. The molecule has 0 radical (unpaired) electrons. The molecule has 2 aromatic carbocycles. The van der Waals surface area contributed by atoms with E-state index >= 15 is 0 Å². The highest BCUT2D eigenvalue weighted by Crippen LogP contribution is 2.32. The summed E-state index contributed by atoms with van der Waals surface area (Å²) in [6.45, 7) is 1.35. The topological polar surface area (TPSA) is 83.4 Å². The smallest absolute Gasteiger partial charge is 0.475 e. The number of amides is 1. The molecule has 5 rings (SSSR count). The fraction of sp³-hybridized carbons (Fsp3) is 0.167. The van der Waals surface area contributed by atoms with Crippen LogP contribution in [-0.4, -0.2) is 44.6 Å². The van der Waals surface area contributed by atoms with Gasteiger partial charge in [-0.05, 0) is 41.0 Å². The molecule has 2 aromatic heterocycles. The van der Waals surface area contributed by atoms with E-state index < -0.39 is 12.1 Å². The van der Waals surface area contributed by atoms with Crippen molar-refractivity contribution >= 4 is 33.4 Å². The first-order valence-corrected chi connectivity index (χ1v) is 11.0. The number of hydrogen-bond donors (Lipinski definition) is 1. The van der Waals surface area contributed by atoms with Crippen LogP contribution >= 0.6 is 11.3 Å². The number of pyridine rings is 1. The van der Waals surface area contributed by atoms with E-state index in [0.29, 0.717) is 13.1 Å². The maximum atomic E-state index is 13.1. The Balaban J connectivity index is 0.000000344. The van der Waals surface area contributed by atoms with Gasteiger partial charge in [0.1, 0.15) is 0 Å². The van der Waals surface area contributed by atoms with Gasteiger partial charge in [-0.25, -0.2) is 9.78 Å². The summed E-state index contributed by atoms with van der Waals surface area (Å²) in [6.07, 6.45) is -0.776. The summed E-state index contributed by atoms with van der Waals surface area (Å²) in [7, 11) is 0. The molecule has 0 saturated carbocycles. The molecule has 1 amide bonds. The van der Waals surface area contributed by atoms with Gasteiger partial charge >= 0.3 is 12.1 Å². The molecule has 0 saturated heterocycles. The second kappa shape index (κ2) is 9.60. The van der Waals surface area contributed by atoms with Crippen LogP contribution in [0.1, 0.15) is 20.9 Å². The van der Waals surface area contributed by atoms with Crippen molar-refractivity contribution < 1.29 is 27.9 Å². The summed E-state index contributed by atoms with van der Waals surface area (Å²) in [6, 6.07) is 18.2. The molecule has 4 aromatic rings. The minimum Gasteiger partial charge on any atom is -0.475 e. The van der Waals surface area contributed by atoms with Crippen molar-refractivity contribution in [3.63, 3.8) is 0 Å². The molecule has 0 atom stereocenters. The Labute approximate surface area is 196 Å². The number of nitrogens with zero attached hydrogens (tertiary/aromatic N) is 3. The standard InChI is InChI=1S/C22H17N3OS.C2HF3O2/c26-22-21-16(4-3-5-17(21)15-8-11-23-12-9-15)14-25(22)13-10-20-24-18-6-1-2-7-19(18)27-20;3-2(4,5)1(6)7/h1-9,11-12H,10,13-14H2;(H,6,7). The first kappa shape index (κ1) is 23.4. The van der Waals surface area contributed by atoms with Crippen LogP contribution in [0.3, 0.4) is 0 Å². The highest BCUT2D eigenvalue weighted by molar-refractivity contribution is 7.18.